The number of nitrogens with zero attached hydrogens (tertiary/aromatic N) is 2. The second kappa shape index (κ2) is 16.6. The highest BCUT2D eigenvalue weighted by molar-refractivity contribution is 5.91. The summed E-state index contributed by atoms with van der Waals surface area (Å²) in [7, 11) is 0. The van der Waals surface area contributed by atoms with Crippen LogP contribution in [-0.2, 0) is 12.8 Å². The molecule has 39 heavy (non-hydrogen) atoms. The largest absolute Gasteiger partial charge is 0.421 e. The lowest BCUT2D eigenvalue weighted by molar-refractivity contribution is 0.0734. The van der Waals surface area contributed by atoms with E-state index in [1.54, 1.807) is 24.3 Å². The molecule has 0 unspecified atom stereocenters. The van der Waals surface area contributed by atoms with Crippen LogP contribution in [-0.4, -0.2) is 5.97 Å². The first-order valence-electron chi connectivity index (χ1n) is 15.0. The van der Waals surface area contributed by atoms with Crippen molar-refractivity contribution in [2.24, 2.45) is 11.8 Å². The van der Waals surface area contributed by atoms with E-state index in [2.05, 4.69) is 38.1 Å². The molecule has 0 atom stereocenters. The fraction of sp³-hybridized carbons (Fsp3) is 0.514. The lowest BCUT2D eigenvalue weighted by atomic mass is 9.79. The molecule has 206 valence electrons. The molecule has 1 aliphatic rings. The molecule has 0 amide bonds. The van der Waals surface area contributed by atoms with Crippen molar-refractivity contribution in [3.05, 3.63) is 76.4 Å². The van der Waals surface area contributed by atoms with E-state index in [1.807, 2.05) is 12.1 Å². The van der Waals surface area contributed by atoms with E-state index >= 15 is 0 Å². The molecule has 0 bridgehead atoms. The van der Waals surface area contributed by atoms with E-state index in [1.165, 1.54) is 56.9 Å². The average Bonchev–Trinajstić information content (AvgIpc) is 2.97. The summed E-state index contributed by atoms with van der Waals surface area (Å²) in [5.74, 6) is 1.30. The summed E-state index contributed by atoms with van der Waals surface area (Å²) < 4.78 is 5.56. The van der Waals surface area contributed by atoms with Gasteiger partial charge in [-0.2, -0.15) is 10.5 Å². The van der Waals surface area contributed by atoms with Crippen molar-refractivity contribution in [1.82, 2.24) is 0 Å². The van der Waals surface area contributed by atoms with Crippen LogP contribution in [0.3, 0.4) is 0 Å². The Morgan fingerprint density at radius 3 is 2.23 bits per heavy atom. The Labute approximate surface area is 235 Å². The van der Waals surface area contributed by atoms with Crippen molar-refractivity contribution >= 4 is 5.97 Å². The first kappa shape index (κ1) is 30.2. The predicted octanol–water partition coefficient (Wildman–Crippen LogP) is 9.26. The van der Waals surface area contributed by atoms with Crippen LogP contribution < -0.4 is 4.74 Å². The summed E-state index contributed by atoms with van der Waals surface area (Å²) in [6, 6.07) is 15.1. The zero-order chi connectivity index (χ0) is 27.9. The number of hydrogen-bond donors (Lipinski definition) is 0. The molecule has 0 heterocycles. The quantitative estimate of drug-likeness (QED) is 0.107. The van der Waals surface area contributed by atoms with Gasteiger partial charge in [-0.1, -0.05) is 82.7 Å². The number of aryl methyl sites for hydroxylation is 2. The standard InChI is InChI=1S/C35H44N2O2/c1-3-5-7-11-27-15-17-28(18-16-27)12-9-10-13-29-19-21-31(22-20-29)35(38)39-34-24-23-30(14-8-6-4-2)32(25-36)33(34)26-37/h9,12,19-24,27-28H,3-8,10-11,13-18H2,1-2H3. The highest BCUT2D eigenvalue weighted by Crippen LogP contribution is 2.33. The van der Waals surface area contributed by atoms with E-state index in [0.717, 1.165) is 55.9 Å². The van der Waals surface area contributed by atoms with Gasteiger partial charge in [-0.3, -0.25) is 0 Å². The van der Waals surface area contributed by atoms with Gasteiger partial charge in [0.1, 0.15) is 23.5 Å². The third kappa shape index (κ3) is 9.40. The number of hydrogen-bond acceptors (Lipinski definition) is 4. The van der Waals surface area contributed by atoms with Gasteiger partial charge in [0.05, 0.1) is 11.1 Å². The van der Waals surface area contributed by atoms with Crippen LogP contribution >= 0.6 is 0 Å². The van der Waals surface area contributed by atoms with Gasteiger partial charge in [-0.25, -0.2) is 4.79 Å². The summed E-state index contributed by atoms with van der Waals surface area (Å²) in [4.78, 5) is 12.8. The maximum absolute atomic E-state index is 12.8. The van der Waals surface area contributed by atoms with Crippen LogP contribution in [0, 0.1) is 34.5 Å². The normalized spacial score (nSPS) is 17.0. The van der Waals surface area contributed by atoms with E-state index in [-0.39, 0.29) is 11.3 Å². The summed E-state index contributed by atoms with van der Waals surface area (Å²) in [6.45, 7) is 4.40. The summed E-state index contributed by atoms with van der Waals surface area (Å²) in [5.41, 5.74) is 2.88. The third-order valence-electron chi connectivity index (χ3n) is 8.03. The molecule has 4 heteroatoms. The molecule has 0 aromatic heterocycles. The Morgan fingerprint density at radius 1 is 0.872 bits per heavy atom. The monoisotopic (exact) mass is 524 g/mol. The van der Waals surface area contributed by atoms with Crippen LogP contribution in [0.2, 0.25) is 0 Å². The third-order valence-corrected chi connectivity index (χ3v) is 8.03. The zero-order valence-corrected chi connectivity index (χ0v) is 23.9. The molecule has 1 saturated carbocycles. The predicted molar refractivity (Wildman–Crippen MR) is 158 cm³/mol. The number of rotatable bonds is 14. The number of benzene rings is 2. The number of esters is 1. The lowest BCUT2D eigenvalue weighted by Gasteiger charge is -2.26. The van der Waals surface area contributed by atoms with Crippen molar-refractivity contribution in [2.75, 3.05) is 0 Å². The molecule has 4 nitrogen and oxygen atoms in total. The summed E-state index contributed by atoms with van der Waals surface area (Å²) in [5, 5.41) is 19.3. The molecule has 1 fully saturated rings. The van der Waals surface area contributed by atoms with Gasteiger partial charge in [0.2, 0.25) is 0 Å². The summed E-state index contributed by atoms with van der Waals surface area (Å²) in [6.07, 6.45) is 21.4. The van der Waals surface area contributed by atoms with Gasteiger partial charge in [-0.15, -0.1) is 0 Å². The van der Waals surface area contributed by atoms with Crippen LogP contribution in [0.4, 0.5) is 0 Å². The average molecular weight is 525 g/mol. The van der Waals surface area contributed by atoms with Gasteiger partial charge < -0.3 is 4.74 Å². The Morgan fingerprint density at radius 2 is 1.56 bits per heavy atom. The number of unbranched alkanes of at least 4 members (excludes halogenated alkanes) is 4. The SMILES string of the molecule is CCCCCc1ccc(OC(=O)c2ccc(CCC=CC3CCC(CCCCC)CC3)cc2)c(C#N)c1C#N. The van der Waals surface area contributed by atoms with Gasteiger partial charge >= 0.3 is 5.97 Å². The molecule has 0 radical (unpaired) electrons. The van der Waals surface area contributed by atoms with Crippen LogP contribution in [0.1, 0.15) is 124 Å². The maximum atomic E-state index is 12.8. The molecule has 3 rings (SSSR count). The topological polar surface area (TPSA) is 73.9 Å². The van der Waals surface area contributed by atoms with E-state index in [4.69, 9.17) is 4.74 Å². The minimum absolute atomic E-state index is 0.133. The van der Waals surface area contributed by atoms with Gasteiger partial charge in [0.15, 0.2) is 0 Å². The highest BCUT2D eigenvalue weighted by Gasteiger charge is 2.19. The first-order valence-corrected chi connectivity index (χ1v) is 15.0. The van der Waals surface area contributed by atoms with Crippen LogP contribution in [0.25, 0.3) is 0 Å². The van der Waals surface area contributed by atoms with Gasteiger partial charge in [0.25, 0.3) is 0 Å². The molecule has 0 N–H and O–H groups in total. The minimum atomic E-state index is -0.522. The lowest BCUT2D eigenvalue weighted by Crippen LogP contribution is -2.13. The fourth-order valence-corrected chi connectivity index (χ4v) is 5.58. The van der Waals surface area contributed by atoms with Crippen molar-refractivity contribution < 1.29 is 9.53 Å². The minimum Gasteiger partial charge on any atom is -0.421 e. The van der Waals surface area contributed by atoms with Gasteiger partial charge in [-0.05, 0) is 92.5 Å². The van der Waals surface area contributed by atoms with E-state index < -0.39 is 5.97 Å². The molecular formula is C35H44N2O2. The van der Waals surface area contributed by atoms with Gasteiger partial charge in [0, 0.05) is 0 Å². The van der Waals surface area contributed by atoms with E-state index in [0.29, 0.717) is 11.1 Å². The Hall–Kier alpha value is -3.37. The number of carbonyl (C=O) groups is 1. The Bertz CT molecular complexity index is 1160. The number of ether oxygens (including phenoxy) is 1. The molecule has 2 aromatic rings. The Kier molecular flexibility index (Phi) is 12.8. The Balaban J connectivity index is 1.49. The molecular weight excluding hydrogens is 480 g/mol. The van der Waals surface area contributed by atoms with Crippen molar-refractivity contribution in [3.63, 3.8) is 0 Å². The zero-order valence-electron chi connectivity index (χ0n) is 23.9. The highest BCUT2D eigenvalue weighted by atomic mass is 16.5. The summed E-state index contributed by atoms with van der Waals surface area (Å²) >= 11 is 0. The second-order valence-electron chi connectivity index (χ2n) is 11.0. The molecule has 0 aliphatic heterocycles. The number of carbonyl (C=O) groups excluding carboxylic acids is 1. The number of allylic oxidation sites excluding steroid dienone is 2. The van der Waals surface area contributed by atoms with E-state index in [9.17, 15) is 15.3 Å². The van der Waals surface area contributed by atoms with Crippen LogP contribution in [0.5, 0.6) is 5.75 Å². The molecule has 0 saturated heterocycles. The second-order valence-corrected chi connectivity index (χ2v) is 11.0. The molecule has 0 spiro atoms. The smallest absolute Gasteiger partial charge is 0.343 e. The van der Waals surface area contributed by atoms with Crippen molar-refractivity contribution in [2.45, 2.75) is 104 Å². The van der Waals surface area contributed by atoms with Crippen molar-refractivity contribution in [1.29, 1.82) is 10.5 Å². The van der Waals surface area contributed by atoms with Crippen molar-refractivity contribution in [3.8, 4) is 17.9 Å². The number of nitriles is 2. The maximum Gasteiger partial charge on any atom is 0.343 e. The molecule has 2 aromatic carbocycles. The molecule has 1 aliphatic carbocycles. The van der Waals surface area contributed by atoms with Crippen LogP contribution in [0.15, 0.2) is 48.6 Å². The fourth-order valence-electron chi connectivity index (χ4n) is 5.58. The first-order chi connectivity index (χ1) is 19.1.